The number of nitrogens with one attached hydrogen (secondary N) is 1. The van der Waals surface area contributed by atoms with E-state index in [4.69, 9.17) is 0 Å². The smallest absolute Gasteiger partial charge is 0.243 e. The van der Waals surface area contributed by atoms with Crippen molar-refractivity contribution in [3.63, 3.8) is 0 Å². The molecule has 0 radical (unpaired) electrons. The molecule has 4 nitrogen and oxygen atoms in total. The molecule has 0 spiro atoms. The third kappa shape index (κ3) is 1.69. The first kappa shape index (κ1) is 11.5. The van der Waals surface area contributed by atoms with Gasteiger partial charge in [-0.05, 0) is 45.2 Å². The first-order valence-electron chi connectivity index (χ1n) is 6.92. The maximum absolute atomic E-state index is 12.5. The van der Waals surface area contributed by atoms with Crippen LogP contribution in [0.1, 0.15) is 33.1 Å². The number of hydrogen-bond acceptors (Lipinski definition) is 3. The predicted molar refractivity (Wildman–Crippen MR) is 66.5 cm³/mol. The molecule has 0 aromatic heterocycles. The van der Waals surface area contributed by atoms with Crippen LogP contribution in [-0.4, -0.2) is 53.6 Å². The van der Waals surface area contributed by atoms with Crippen LogP contribution < -0.4 is 5.32 Å². The minimum absolute atomic E-state index is 0.313. The lowest BCUT2D eigenvalue weighted by Gasteiger charge is -2.48. The molecule has 4 aliphatic rings. The molecule has 0 aromatic carbocycles. The number of fused-ring (bicyclic) bond motifs is 3. The first-order chi connectivity index (χ1) is 8.14. The van der Waals surface area contributed by atoms with Crippen LogP contribution in [0.15, 0.2) is 0 Å². The van der Waals surface area contributed by atoms with Crippen molar-refractivity contribution in [2.45, 2.75) is 44.7 Å². The second-order valence-electron chi connectivity index (χ2n) is 6.00. The van der Waals surface area contributed by atoms with Gasteiger partial charge in [-0.3, -0.25) is 10.1 Å². The Hall–Kier alpha value is -0.610. The molecule has 0 aliphatic carbocycles. The zero-order valence-corrected chi connectivity index (χ0v) is 10.9. The number of nitrogens with zero attached hydrogens (tertiary/aromatic N) is 2. The minimum atomic E-state index is -0.313. The lowest BCUT2D eigenvalue weighted by Crippen LogP contribution is -2.58. The predicted octanol–water partition coefficient (Wildman–Crippen LogP) is 0.639. The van der Waals surface area contributed by atoms with Crippen LogP contribution in [0.5, 0.6) is 0 Å². The van der Waals surface area contributed by atoms with Gasteiger partial charge in [0.1, 0.15) is 0 Å². The van der Waals surface area contributed by atoms with E-state index >= 15 is 0 Å². The van der Waals surface area contributed by atoms with Gasteiger partial charge in [-0.2, -0.15) is 0 Å². The van der Waals surface area contributed by atoms with Crippen molar-refractivity contribution in [1.82, 2.24) is 15.1 Å². The lowest BCUT2D eigenvalue weighted by molar-refractivity contribution is -0.137. The molecule has 1 amide bonds. The molecule has 1 N–H and O–H groups in total. The Morgan fingerprint density at radius 1 is 1.41 bits per heavy atom. The fraction of sp³-hybridized carbons (Fsp3) is 0.923. The number of hydrogen-bond donors (Lipinski definition) is 1. The summed E-state index contributed by atoms with van der Waals surface area (Å²) < 4.78 is 0. The number of carbonyl (C=O) groups is 1. The van der Waals surface area contributed by atoms with Crippen molar-refractivity contribution in [2.75, 3.05) is 26.3 Å². The van der Waals surface area contributed by atoms with Gasteiger partial charge in [-0.1, -0.05) is 6.92 Å². The third-order valence-corrected chi connectivity index (χ3v) is 5.10. The molecule has 4 heterocycles. The van der Waals surface area contributed by atoms with Crippen LogP contribution in [0, 0.1) is 5.92 Å². The van der Waals surface area contributed by atoms with Gasteiger partial charge in [-0.15, -0.1) is 0 Å². The zero-order chi connectivity index (χ0) is 12.0. The first-order valence-corrected chi connectivity index (χ1v) is 6.92. The quantitative estimate of drug-likeness (QED) is 0.765. The molecule has 4 saturated heterocycles. The van der Waals surface area contributed by atoms with Crippen molar-refractivity contribution in [3.8, 4) is 0 Å². The second-order valence-corrected chi connectivity index (χ2v) is 6.00. The fourth-order valence-electron chi connectivity index (χ4n) is 3.56. The summed E-state index contributed by atoms with van der Waals surface area (Å²) >= 11 is 0. The monoisotopic (exact) mass is 237 g/mol. The van der Waals surface area contributed by atoms with E-state index in [1.54, 1.807) is 0 Å². The van der Waals surface area contributed by atoms with Crippen molar-refractivity contribution in [1.29, 1.82) is 0 Å². The van der Waals surface area contributed by atoms with Crippen molar-refractivity contribution < 1.29 is 4.79 Å². The van der Waals surface area contributed by atoms with E-state index in [0.29, 0.717) is 11.9 Å². The van der Waals surface area contributed by atoms with E-state index in [1.807, 2.05) is 6.92 Å². The maximum Gasteiger partial charge on any atom is 0.243 e. The highest BCUT2D eigenvalue weighted by atomic mass is 16.2. The summed E-state index contributed by atoms with van der Waals surface area (Å²) in [5.74, 6) is 1.06. The molecule has 2 bridgehead atoms. The Morgan fingerprint density at radius 3 is 2.59 bits per heavy atom. The molecule has 2 unspecified atom stereocenters. The maximum atomic E-state index is 12.5. The normalized spacial score (nSPS) is 45.6. The summed E-state index contributed by atoms with van der Waals surface area (Å²) in [7, 11) is 0. The number of carbonyl (C=O) groups excluding carboxylic acids is 1. The van der Waals surface area contributed by atoms with Gasteiger partial charge in [0.25, 0.3) is 0 Å². The van der Waals surface area contributed by atoms with Crippen LogP contribution >= 0.6 is 0 Å². The Labute approximate surface area is 103 Å². The summed E-state index contributed by atoms with van der Waals surface area (Å²) in [6.45, 7) is 8.45. The average molecular weight is 237 g/mol. The molecular weight excluding hydrogens is 214 g/mol. The van der Waals surface area contributed by atoms with Crippen LogP contribution in [0.3, 0.4) is 0 Å². The fourth-order valence-corrected chi connectivity index (χ4v) is 3.56. The van der Waals surface area contributed by atoms with Gasteiger partial charge in [-0.25, -0.2) is 0 Å². The Balaban J connectivity index is 1.76. The van der Waals surface area contributed by atoms with Gasteiger partial charge in [0.15, 0.2) is 0 Å². The van der Waals surface area contributed by atoms with E-state index in [9.17, 15) is 4.79 Å². The van der Waals surface area contributed by atoms with Crippen LogP contribution in [0.4, 0.5) is 0 Å². The molecule has 17 heavy (non-hydrogen) atoms. The largest absolute Gasteiger partial charge is 0.324 e. The van der Waals surface area contributed by atoms with Gasteiger partial charge in [0, 0.05) is 12.6 Å². The van der Waals surface area contributed by atoms with Gasteiger partial charge in [0.2, 0.25) is 5.91 Å². The molecule has 4 fully saturated rings. The summed E-state index contributed by atoms with van der Waals surface area (Å²) in [6.07, 6.45) is 3.43. The van der Waals surface area contributed by atoms with Crippen LogP contribution in [0.25, 0.3) is 0 Å². The van der Waals surface area contributed by atoms with Crippen molar-refractivity contribution >= 4 is 5.91 Å². The number of rotatable bonds is 2. The standard InChI is InChI=1S/C13H23N3O/c1-3-13(2)12(17)16(9-14-13)11-8-15-6-4-10(11)5-7-15/h10-11,14H,3-9H2,1-2H3. The van der Waals surface area contributed by atoms with E-state index in [1.165, 1.54) is 25.9 Å². The van der Waals surface area contributed by atoms with Crippen LogP contribution in [0.2, 0.25) is 0 Å². The topological polar surface area (TPSA) is 35.6 Å². The van der Waals surface area contributed by atoms with Gasteiger partial charge < -0.3 is 9.80 Å². The highest BCUT2D eigenvalue weighted by Gasteiger charge is 2.47. The van der Waals surface area contributed by atoms with E-state index < -0.39 is 0 Å². The molecule has 0 saturated carbocycles. The Bertz CT molecular complexity index is 325. The van der Waals surface area contributed by atoms with E-state index in [2.05, 4.69) is 22.0 Å². The SMILES string of the molecule is CCC1(C)NCN(C2CN3CCC2CC3)C1=O. The molecule has 96 valence electrons. The van der Waals surface area contributed by atoms with E-state index in [0.717, 1.165) is 25.6 Å². The lowest BCUT2D eigenvalue weighted by atomic mass is 9.83. The van der Waals surface area contributed by atoms with Gasteiger partial charge in [0.05, 0.1) is 12.2 Å². The highest BCUT2D eigenvalue weighted by Crippen LogP contribution is 2.33. The summed E-state index contributed by atoms with van der Waals surface area (Å²) in [4.78, 5) is 17.1. The van der Waals surface area contributed by atoms with Gasteiger partial charge >= 0.3 is 0 Å². The van der Waals surface area contributed by atoms with E-state index in [-0.39, 0.29) is 5.54 Å². The third-order valence-electron chi connectivity index (χ3n) is 5.10. The Kier molecular flexibility index (Phi) is 2.67. The molecular formula is C13H23N3O. The summed E-state index contributed by atoms with van der Waals surface area (Å²) in [6, 6.07) is 0.464. The average Bonchev–Trinajstić information content (AvgIpc) is 2.68. The summed E-state index contributed by atoms with van der Waals surface area (Å²) in [5.41, 5.74) is -0.313. The minimum Gasteiger partial charge on any atom is -0.324 e. The Morgan fingerprint density at radius 2 is 2.12 bits per heavy atom. The summed E-state index contributed by atoms with van der Waals surface area (Å²) in [5, 5.41) is 3.40. The molecule has 4 rings (SSSR count). The second kappa shape index (κ2) is 3.95. The highest BCUT2D eigenvalue weighted by molar-refractivity contribution is 5.88. The zero-order valence-electron chi connectivity index (χ0n) is 10.9. The molecule has 4 heteroatoms. The van der Waals surface area contributed by atoms with Crippen molar-refractivity contribution in [3.05, 3.63) is 0 Å². The molecule has 4 aliphatic heterocycles. The van der Waals surface area contributed by atoms with Crippen LogP contribution in [-0.2, 0) is 4.79 Å². The number of piperidine rings is 3. The molecule has 2 atom stereocenters. The van der Waals surface area contributed by atoms with Crippen molar-refractivity contribution in [2.24, 2.45) is 5.92 Å². The number of amides is 1. The molecule has 0 aromatic rings.